The van der Waals surface area contributed by atoms with Crippen molar-refractivity contribution in [2.24, 2.45) is 11.3 Å². The first-order valence-electron chi connectivity index (χ1n) is 7.99. The molecule has 1 aromatic rings. The molecule has 21 heavy (non-hydrogen) atoms. The number of hydrogen-bond donors (Lipinski definition) is 1. The minimum absolute atomic E-state index is 0.292. The highest BCUT2D eigenvalue weighted by Gasteiger charge is 2.29. The van der Waals surface area contributed by atoms with Crippen LogP contribution in [-0.4, -0.2) is 23.9 Å². The highest BCUT2D eigenvalue weighted by atomic mass is 16.2. The Kier molecular flexibility index (Phi) is 4.92. The van der Waals surface area contributed by atoms with Gasteiger partial charge in [-0.1, -0.05) is 39.0 Å². The third-order valence-corrected chi connectivity index (χ3v) is 4.74. The van der Waals surface area contributed by atoms with Gasteiger partial charge in [-0.2, -0.15) is 0 Å². The van der Waals surface area contributed by atoms with E-state index in [1.807, 2.05) is 23.1 Å². The van der Waals surface area contributed by atoms with Gasteiger partial charge in [0.2, 0.25) is 5.91 Å². The van der Waals surface area contributed by atoms with Crippen LogP contribution < -0.4 is 5.73 Å². The van der Waals surface area contributed by atoms with Gasteiger partial charge in [0.15, 0.2) is 0 Å². The number of rotatable bonds is 3. The van der Waals surface area contributed by atoms with Crippen LogP contribution in [0.25, 0.3) is 0 Å². The number of carbonyl (C=O) groups is 1. The fraction of sp³-hybridized carbons (Fsp3) is 0.611. The first-order valence-corrected chi connectivity index (χ1v) is 7.99. The van der Waals surface area contributed by atoms with Gasteiger partial charge in [-0.3, -0.25) is 4.79 Å². The van der Waals surface area contributed by atoms with E-state index in [9.17, 15) is 4.79 Å². The van der Waals surface area contributed by atoms with Crippen molar-refractivity contribution in [3.8, 4) is 0 Å². The maximum absolute atomic E-state index is 12.3. The van der Waals surface area contributed by atoms with Crippen molar-refractivity contribution >= 4 is 11.6 Å². The molecule has 1 heterocycles. The van der Waals surface area contributed by atoms with Crippen LogP contribution in [0, 0.1) is 11.3 Å². The van der Waals surface area contributed by atoms with E-state index in [1.165, 1.54) is 0 Å². The van der Waals surface area contributed by atoms with Gasteiger partial charge in [0.25, 0.3) is 0 Å². The van der Waals surface area contributed by atoms with Gasteiger partial charge < -0.3 is 10.6 Å². The number of hydrogen-bond acceptors (Lipinski definition) is 2. The van der Waals surface area contributed by atoms with Crippen LogP contribution in [0.5, 0.6) is 0 Å². The van der Waals surface area contributed by atoms with Gasteiger partial charge in [0, 0.05) is 25.2 Å². The van der Waals surface area contributed by atoms with Crippen molar-refractivity contribution in [2.45, 2.75) is 46.5 Å². The lowest BCUT2D eigenvalue weighted by Gasteiger charge is -2.29. The molecule has 1 amide bonds. The zero-order chi connectivity index (χ0) is 15.5. The third-order valence-electron chi connectivity index (χ3n) is 4.74. The highest BCUT2D eigenvalue weighted by molar-refractivity contribution is 5.76. The van der Waals surface area contributed by atoms with Crippen LogP contribution >= 0.6 is 0 Å². The molecule has 0 radical (unpaired) electrons. The Bertz CT molecular complexity index is 490. The quantitative estimate of drug-likeness (QED) is 0.865. The van der Waals surface area contributed by atoms with Crippen LogP contribution in [0.15, 0.2) is 24.3 Å². The molecule has 3 heteroatoms. The lowest BCUT2D eigenvalue weighted by Crippen LogP contribution is -2.32. The summed E-state index contributed by atoms with van der Waals surface area (Å²) in [5.74, 6) is 0.935. The number of amides is 1. The summed E-state index contributed by atoms with van der Waals surface area (Å²) in [6, 6.07) is 7.93. The van der Waals surface area contributed by atoms with Gasteiger partial charge in [0.05, 0.1) is 0 Å². The van der Waals surface area contributed by atoms with E-state index in [-0.39, 0.29) is 0 Å². The van der Waals surface area contributed by atoms with Crippen molar-refractivity contribution in [3.63, 3.8) is 0 Å². The maximum atomic E-state index is 12.3. The smallest absolute Gasteiger partial charge is 0.222 e. The molecule has 0 aromatic heterocycles. The summed E-state index contributed by atoms with van der Waals surface area (Å²) in [7, 11) is 0. The second-order valence-corrected chi connectivity index (χ2v) is 7.22. The maximum Gasteiger partial charge on any atom is 0.222 e. The molecule has 116 valence electrons. The first kappa shape index (κ1) is 15.9. The van der Waals surface area contributed by atoms with Gasteiger partial charge in [0.1, 0.15) is 0 Å². The second-order valence-electron chi connectivity index (χ2n) is 7.22. The summed E-state index contributed by atoms with van der Waals surface area (Å²) < 4.78 is 0. The Morgan fingerprint density at radius 2 is 1.95 bits per heavy atom. The molecular weight excluding hydrogens is 260 g/mol. The Labute approximate surface area is 128 Å². The first-order chi connectivity index (χ1) is 9.88. The molecule has 1 saturated heterocycles. The SMILES string of the molecule is CC(C)(C)C1CCC(=O)N(CCc2ccccc2N)CC1. The summed E-state index contributed by atoms with van der Waals surface area (Å²) in [6.45, 7) is 8.50. The van der Waals surface area contributed by atoms with Crippen molar-refractivity contribution in [3.05, 3.63) is 29.8 Å². The zero-order valence-electron chi connectivity index (χ0n) is 13.6. The number of para-hydroxylation sites is 1. The zero-order valence-corrected chi connectivity index (χ0v) is 13.6. The predicted octanol–water partition coefficient (Wildman–Crippen LogP) is 3.49. The minimum Gasteiger partial charge on any atom is -0.399 e. The molecule has 1 unspecified atom stereocenters. The number of carbonyl (C=O) groups excluding carboxylic acids is 1. The molecule has 2 N–H and O–H groups in total. The lowest BCUT2D eigenvalue weighted by atomic mass is 9.77. The molecule has 1 aliphatic heterocycles. The van der Waals surface area contributed by atoms with Crippen LogP contribution in [0.2, 0.25) is 0 Å². The molecule has 0 spiro atoms. The van der Waals surface area contributed by atoms with Crippen LogP contribution in [0.3, 0.4) is 0 Å². The average Bonchev–Trinajstić information content (AvgIpc) is 2.60. The van der Waals surface area contributed by atoms with Crippen LogP contribution in [-0.2, 0) is 11.2 Å². The van der Waals surface area contributed by atoms with E-state index in [0.29, 0.717) is 23.7 Å². The Morgan fingerprint density at radius 1 is 1.24 bits per heavy atom. The van der Waals surface area contributed by atoms with E-state index < -0.39 is 0 Å². The highest BCUT2D eigenvalue weighted by Crippen LogP contribution is 2.34. The number of nitrogens with zero attached hydrogens (tertiary/aromatic N) is 1. The summed E-state index contributed by atoms with van der Waals surface area (Å²) in [4.78, 5) is 14.3. The molecule has 1 aromatic carbocycles. The molecule has 0 saturated carbocycles. The Morgan fingerprint density at radius 3 is 2.62 bits per heavy atom. The number of nitrogen functional groups attached to an aromatic ring is 1. The molecule has 3 nitrogen and oxygen atoms in total. The number of anilines is 1. The summed E-state index contributed by atoms with van der Waals surface area (Å²) in [5.41, 5.74) is 8.24. The second kappa shape index (κ2) is 6.50. The van der Waals surface area contributed by atoms with E-state index in [1.54, 1.807) is 0 Å². The van der Waals surface area contributed by atoms with E-state index in [4.69, 9.17) is 5.73 Å². The molecule has 0 bridgehead atoms. The molecule has 1 fully saturated rings. The molecule has 0 aliphatic carbocycles. The van der Waals surface area contributed by atoms with Crippen LogP contribution in [0.1, 0.15) is 45.6 Å². The van der Waals surface area contributed by atoms with Crippen molar-refractivity contribution in [1.82, 2.24) is 4.90 Å². The van der Waals surface area contributed by atoms with E-state index >= 15 is 0 Å². The van der Waals surface area contributed by atoms with Gasteiger partial charge in [-0.15, -0.1) is 0 Å². The summed E-state index contributed by atoms with van der Waals surface area (Å²) in [6.07, 6.45) is 3.66. The monoisotopic (exact) mass is 288 g/mol. The number of likely N-dealkylation sites (tertiary alicyclic amines) is 1. The van der Waals surface area contributed by atoms with Crippen LogP contribution in [0.4, 0.5) is 5.69 Å². The number of nitrogens with two attached hydrogens (primary N) is 1. The Hall–Kier alpha value is -1.51. The minimum atomic E-state index is 0.292. The summed E-state index contributed by atoms with van der Waals surface area (Å²) in [5, 5.41) is 0. The fourth-order valence-corrected chi connectivity index (χ4v) is 3.16. The average molecular weight is 288 g/mol. The predicted molar refractivity (Wildman–Crippen MR) is 87.9 cm³/mol. The van der Waals surface area contributed by atoms with E-state index in [2.05, 4.69) is 26.8 Å². The van der Waals surface area contributed by atoms with Crippen molar-refractivity contribution in [2.75, 3.05) is 18.8 Å². The van der Waals surface area contributed by atoms with Crippen molar-refractivity contribution in [1.29, 1.82) is 0 Å². The van der Waals surface area contributed by atoms with E-state index in [0.717, 1.165) is 43.6 Å². The topological polar surface area (TPSA) is 46.3 Å². The molecule has 1 aliphatic rings. The standard InChI is InChI=1S/C18H28N2O/c1-18(2,3)15-8-9-17(21)20(13-11-15)12-10-14-6-4-5-7-16(14)19/h4-7,15H,8-13,19H2,1-3H3. The molecule has 1 atom stereocenters. The van der Waals surface area contributed by atoms with Crippen molar-refractivity contribution < 1.29 is 4.79 Å². The van der Waals surface area contributed by atoms with Gasteiger partial charge in [-0.25, -0.2) is 0 Å². The third kappa shape index (κ3) is 4.23. The lowest BCUT2D eigenvalue weighted by molar-refractivity contribution is -0.130. The normalized spacial score (nSPS) is 20.4. The molecular formula is C18H28N2O. The van der Waals surface area contributed by atoms with Gasteiger partial charge >= 0.3 is 0 Å². The summed E-state index contributed by atoms with van der Waals surface area (Å²) >= 11 is 0. The Balaban J connectivity index is 1.94. The molecule has 2 rings (SSSR count). The fourth-order valence-electron chi connectivity index (χ4n) is 3.16. The van der Waals surface area contributed by atoms with Gasteiger partial charge in [-0.05, 0) is 42.2 Å². The number of benzene rings is 1. The largest absolute Gasteiger partial charge is 0.399 e.